The minimum atomic E-state index is -0.405. The molecule has 0 N–H and O–H groups in total. The average molecular weight is 314 g/mol. The Morgan fingerprint density at radius 1 is 0.957 bits per heavy atom. The topological polar surface area (TPSA) is 54.0 Å². The van der Waals surface area contributed by atoms with Gasteiger partial charge in [0, 0.05) is 6.42 Å². The van der Waals surface area contributed by atoms with Gasteiger partial charge in [-0.1, -0.05) is 18.2 Å². The second-order valence-electron chi connectivity index (χ2n) is 5.01. The predicted molar refractivity (Wildman–Crippen MR) is 84.3 cm³/mol. The van der Waals surface area contributed by atoms with Crippen molar-refractivity contribution >= 4 is 5.97 Å². The molecule has 1 heterocycles. The largest absolute Gasteiger partial charge is 0.490 e. The fraction of sp³-hybridized carbons (Fsp3) is 0.278. The number of carbonyl (C=O) groups is 1. The van der Waals surface area contributed by atoms with E-state index in [1.54, 1.807) is 18.2 Å². The van der Waals surface area contributed by atoms with Gasteiger partial charge in [0.15, 0.2) is 11.5 Å². The number of hydrogen-bond acceptors (Lipinski definition) is 5. The van der Waals surface area contributed by atoms with Gasteiger partial charge < -0.3 is 18.9 Å². The maximum Gasteiger partial charge on any atom is 0.338 e. The summed E-state index contributed by atoms with van der Waals surface area (Å²) in [5.74, 6) is 1.58. The van der Waals surface area contributed by atoms with Crippen LogP contribution in [0.15, 0.2) is 48.5 Å². The van der Waals surface area contributed by atoms with Gasteiger partial charge in [0.25, 0.3) is 0 Å². The van der Waals surface area contributed by atoms with E-state index in [9.17, 15) is 4.79 Å². The van der Waals surface area contributed by atoms with Crippen LogP contribution in [0.2, 0.25) is 0 Å². The highest BCUT2D eigenvalue weighted by Crippen LogP contribution is 2.30. The van der Waals surface area contributed by atoms with Crippen LogP contribution in [0.1, 0.15) is 16.8 Å². The first-order valence-electron chi connectivity index (χ1n) is 7.57. The lowest BCUT2D eigenvalue weighted by atomic mass is 10.2. The number of para-hydroxylation sites is 1. The van der Waals surface area contributed by atoms with Crippen LogP contribution in [0, 0.1) is 0 Å². The lowest BCUT2D eigenvalue weighted by Gasteiger charge is -2.10. The molecule has 0 amide bonds. The van der Waals surface area contributed by atoms with E-state index in [0.29, 0.717) is 36.9 Å². The number of rotatable bonds is 5. The Balaban J connectivity index is 1.51. The van der Waals surface area contributed by atoms with Crippen LogP contribution in [-0.2, 0) is 4.74 Å². The van der Waals surface area contributed by atoms with Crippen molar-refractivity contribution < 1.29 is 23.7 Å². The molecule has 0 saturated carbocycles. The summed E-state index contributed by atoms with van der Waals surface area (Å²) in [4.78, 5) is 12.1. The lowest BCUT2D eigenvalue weighted by molar-refractivity contribution is 0.0450. The van der Waals surface area contributed by atoms with Gasteiger partial charge >= 0.3 is 5.97 Å². The molecule has 0 spiro atoms. The monoisotopic (exact) mass is 314 g/mol. The number of benzene rings is 2. The fourth-order valence-corrected chi connectivity index (χ4v) is 2.18. The summed E-state index contributed by atoms with van der Waals surface area (Å²) in [6.45, 7) is 1.69. The van der Waals surface area contributed by atoms with Gasteiger partial charge in [0.2, 0.25) is 0 Å². The normalized spacial score (nSPS) is 13.0. The molecule has 0 saturated heterocycles. The SMILES string of the molecule is O=C(OCCOc1ccccc1)c1ccc2c(c1)OCCCO2. The molecule has 0 fully saturated rings. The fourth-order valence-electron chi connectivity index (χ4n) is 2.18. The molecular formula is C18H18O5. The first-order chi connectivity index (χ1) is 11.3. The second-order valence-corrected chi connectivity index (χ2v) is 5.01. The predicted octanol–water partition coefficient (Wildman–Crippen LogP) is 3.08. The number of fused-ring (bicyclic) bond motifs is 1. The third kappa shape index (κ3) is 4.16. The van der Waals surface area contributed by atoms with E-state index in [4.69, 9.17) is 18.9 Å². The van der Waals surface area contributed by atoms with Crippen LogP contribution in [0.25, 0.3) is 0 Å². The zero-order valence-corrected chi connectivity index (χ0v) is 12.7. The van der Waals surface area contributed by atoms with E-state index in [0.717, 1.165) is 12.2 Å². The minimum Gasteiger partial charge on any atom is -0.490 e. The molecule has 0 aromatic heterocycles. The summed E-state index contributed by atoms with van der Waals surface area (Å²) in [7, 11) is 0. The molecular weight excluding hydrogens is 296 g/mol. The molecule has 0 atom stereocenters. The third-order valence-electron chi connectivity index (χ3n) is 3.31. The smallest absolute Gasteiger partial charge is 0.338 e. The van der Waals surface area contributed by atoms with E-state index in [-0.39, 0.29) is 6.61 Å². The van der Waals surface area contributed by atoms with E-state index in [1.807, 2.05) is 30.3 Å². The van der Waals surface area contributed by atoms with Crippen molar-refractivity contribution in [1.82, 2.24) is 0 Å². The highest BCUT2D eigenvalue weighted by molar-refractivity contribution is 5.90. The van der Waals surface area contributed by atoms with Crippen molar-refractivity contribution in [1.29, 1.82) is 0 Å². The second kappa shape index (κ2) is 7.54. The van der Waals surface area contributed by atoms with Crippen LogP contribution >= 0.6 is 0 Å². The Hall–Kier alpha value is -2.69. The standard InChI is InChI=1S/C18H18O5/c19-18(23-12-11-20-15-5-2-1-3-6-15)14-7-8-16-17(13-14)22-10-4-9-21-16/h1-3,5-8,13H,4,9-12H2. The van der Waals surface area contributed by atoms with Gasteiger partial charge in [0.1, 0.15) is 19.0 Å². The average Bonchev–Trinajstić information content (AvgIpc) is 2.84. The summed E-state index contributed by atoms with van der Waals surface area (Å²) >= 11 is 0. The van der Waals surface area contributed by atoms with Crippen LogP contribution in [0.4, 0.5) is 0 Å². The molecule has 2 aromatic carbocycles. The highest BCUT2D eigenvalue weighted by atomic mass is 16.6. The highest BCUT2D eigenvalue weighted by Gasteiger charge is 2.14. The Morgan fingerprint density at radius 2 is 1.74 bits per heavy atom. The minimum absolute atomic E-state index is 0.183. The zero-order chi connectivity index (χ0) is 15.9. The molecule has 1 aliphatic heterocycles. The molecule has 0 unspecified atom stereocenters. The van der Waals surface area contributed by atoms with E-state index < -0.39 is 5.97 Å². The number of hydrogen-bond donors (Lipinski definition) is 0. The van der Waals surface area contributed by atoms with E-state index in [2.05, 4.69) is 0 Å². The molecule has 5 heteroatoms. The van der Waals surface area contributed by atoms with Gasteiger partial charge in [-0.15, -0.1) is 0 Å². The summed E-state index contributed by atoms with van der Waals surface area (Å²) in [6.07, 6.45) is 0.825. The van der Waals surface area contributed by atoms with Crippen LogP contribution < -0.4 is 14.2 Å². The zero-order valence-electron chi connectivity index (χ0n) is 12.7. The lowest BCUT2D eigenvalue weighted by Crippen LogP contribution is -2.12. The Labute approximate surface area is 134 Å². The molecule has 2 aromatic rings. The van der Waals surface area contributed by atoms with Gasteiger partial charge in [-0.3, -0.25) is 0 Å². The molecule has 0 radical (unpaired) electrons. The van der Waals surface area contributed by atoms with Crippen molar-refractivity contribution in [2.45, 2.75) is 6.42 Å². The summed E-state index contributed by atoms with van der Waals surface area (Å²) < 4.78 is 21.8. The van der Waals surface area contributed by atoms with E-state index in [1.165, 1.54) is 0 Å². The number of carbonyl (C=O) groups excluding carboxylic acids is 1. The maximum atomic E-state index is 12.1. The van der Waals surface area contributed by atoms with Crippen molar-refractivity contribution in [3.05, 3.63) is 54.1 Å². The van der Waals surface area contributed by atoms with Crippen molar-refractivity contribution in [2.75, 3.05) is 26.4 Å². The van der Waals surface area contributed by atoms with Crippen LogP contribution in [0.5, 0.6) is 17.2 Å². The molecule has 5 nitrogen and oxygen atoms in total. The molecule has 120 valence electrons. The molecule has 0 aliphatic carbocycles. The van der Waals surface area contributed by atoms with Gasteiger partial charge in [-0.2, -0.15) is 0 Å². The van der Waals surface area contributed by atoms with Gasteiger partial charge in [-0.05, 0) is 30.3 Å². The van der Waals surface area contributed by atoms with Gasteiger partial charge in [0.05, 0.1) is 18.8 Å². The first kappa shape index (κ1) is 15.2. The molecule has 23 heavy (non-hydrogen) atoms. The summed E-state index contributed by atoms with van der Waals surface area (Å²) in [6, 6.07) is 14.5. The molecule has 0 bridgehead atoms. The Bertz CT molecular complexity index is 654. The molecule has 3 rings (SSSR count). The van der Waals surface area contributed by atoms with E-state index >= 15 is 0 Å². The van der Waals surface area contributed by atoms with Gasteiger partial charge in [-0.25, -0.2) is 4.79 Å². The van der Waals surface area contributed by atoms with Crippen molar-refractivity contribution in [2.24, 2.45) is 0 Å². The number of ether oxygens (including phenoxy) is 4. The first-order valence-corrected chi connectivity index (χ1v) is 7.57. The third-order valence-corrected chi connectivity index (χ3v) is 3.31. The summed E-state index contributed by atoms with van der Waals surface area (Å²) in [5, 5.41) is 0. The Kier molecular flexibility index (Phi) is 4.99. The van der Waals surface area contributed by atoms with Crippen molar-refractivity contribution in [3.8, 4) is 17.2 Å². The number of esters is 1. The summed E-state index contributed by atoms with van der Waals surface area (Å²) in [5.41, 5.74) is 0.439. The maximum absolute atomic E-state index is 12.1. The van der Waals surface area contributed by atoms with Crippen LogP contribution in [0.3, 0.4) is 0 Å². The molecule has 1 aliphatic rings. The quantitative estimate of drug-likeness (QED) is 0.627. The van der Waals surface area contributed by atoms with Crippen molar-refractivity contribution in [3.63, 3.8) is 0 Å². The van der Waals surface area contributed by atoms with Crippen LogP contribution in [-0.4, -0.2) is 32.4 Å². The Morgan fingerprint density at radius 3 is 2.57 bits per heavy atom.